The van der Waals surface area contributed by atoms with Gasteiger partial charge in [0, 0.05) is 15.5 Å². The normalized spacial score (nSPS) is 12.0. The lowest BCUT2D eigenvalue weighted by Gasteiger charge is -2.15. The third-order valence-electron chi connectivity index (χ3n) is 3.32. The Labute approximate surface area is 144 Å². The SMILES string of the molecule is Cc1ccc(NC(=O)CN[C@H](C)c2cccc(Cl)c2)c(Br)c1. The molecule has 22 heavy (non-hydrogen) atoms. The smallest absolute Gasteiger partial charge is 0.238 e. The summed E-state index contributed by atoms with van der Waals surface area (Å²) in [6.07, 6.45) is 0. The summed E-state index contributed by atoms with van der Waals surface area (Å²) in [6, 6.07) is 13.5. The fourth-order valence-corrected chi connectivity index (χ4v) is 2.85. The molecule has 0 aliphatic rings. The number of hydrogen-bond donors (Lipinski definition) is 2. The first-order valence-corrected chi connectivity index (χ1v) is 8.17. The summed E-state index contributed by atoms with van der Waals surface area (Å²) in [7, 11) is 0. The number of benzene rings is 2. The van der Waals surface area contributed by atoms with Gasteiger partial charge in [0.15, 0.2) is 0 Å². The fourth-order valence-electron chi connectivity index (χ4n) is 2.06. The van der Waals surface area contributed by atoms with Gasteiger partial charge in [0.2, 0.25) is 5.91 Å². The van der Waals surface area contributed by atoms with Crippen LogP contribution in [-0.4, -0.2) is 12.5 Å². The molecule has 0 saturated heterocycles. The highest BCUT2D eigenvalue weighted by Crippen LogP contribution is 2.23. The molecule has 0 aliphatic carbocycles. The first kappa shape index (κ1) is 17.0. The Balaban J connectivity index is 1.90. The van der Waals surface area contributed by atoms with Crippen LogP contribution < -0.4 is 10.6 Å². The van der Waals surface area contributed by atoms with Crippen LogP contribution in [0, 0.1) is 6.92 Å². The molecule has 0 spiro atoms. The molecular weight excluding hydrogens is 364 g/mol. The predicted molar refractivity (Wildman–Crippen MR) is 95.4 cm³/mol. The number of hydrogen-bond acceptors (Lipinski definition) is 2. The van der Waals surface area contributed by atoms with Crippen molar-refractivity contribution in [2.75, 3.05) is 11.9 Å². The highest BCUT2D eigenvalue weighted by molar-refractivity contribution is 9.10. The Morgan fingerprint density at radius 2 is 2.05 bits per heavy atom. The van der Waals surface area contributed by atoms with E-state index in [0.717, 1.165) is 21.3 Å². The molecule has 0 heterocycles. The van der Waals surface area contributed by atoms with Crippen LogP contribution in [-0.2, 0) is 4.79 Å². The average Bonchev–Trinajstić information content (AvgIpc) is 2.47. The summed E-state index contributed by atoms with van der Waals surface area (Å²) < 4.78 is 0.878. The lowest BCUT2D eigenvalue weighted by molar-refractivity contribution is -0.115. The topological polar surface area (TPSA) is 41.1 Å². The second-order valence-electron chi connectivity index (χ2n) is 5.19. The van der Waals surface area contributed by atoms with Crippen LogP contribution in [0.4, 0.5) is 5.69 Å². The minimum absolute atomic E-state index is 0.0471. The van der Waals surface area contributed by atoms with Crippen molar-refractivity contribution in [2.24, 2.45) is 0 Å². The Hall–Kier alpha value is -1.36. The van der Waals surface area contributed by atoms with E-state index < -0.39 is 0 Å². The largest absolute Gasteiger partial charge is 0.324 e. The number of anilines is 1. The Kier molecular flexibility index (Phi) is 6.00. The number of rotatable bonds is 5. The van der Waals surface area contributed by atoms with Gasteiger partial charge in [-0.1, -0.05) is 29.8 Å². The first-order valence-electron chi connectivity index (χ1n) is 7.00. The fraction of sp³-hybridized carbons (Fsp3) is 0.235. The van der Waals surface area contributed by atoms with Crippen LogP contribution in [0.15, 0.2) is 46.9 Å². The quantitative estimate of drug-likeness (QED) is 0.788. The summed E-state index contributed by atoms with van der Waals surface area (Å²) in [5.41, 5.74) is 2.96. The summed E-state index contributed by atoms with van der Waals surface area (Å²) >= 11 is 9.43. The number of amides is 1. The van der Waals surface area contributed by atoms with E-state index >= 15 is 0 Å². The van der Waals surface area contributed by atoms with Gasteiger partial charge in [-0.05, 0) is 65.2 Å². The van der Waals surface area contributed by atoms with E-state index in [1.54, 1.807) is 0 Å². The molecule has 0 aromatic heterocycles. The molecule has 3 nitrogen and oxygen atoms in total. The molecular formula is C17H18BrClN2O. The minimum Gasteiger partial charge on any atom is -0.324 e. The molecule has 2 aromatic rings. The molecule has 0 unspecified atom stereocenters. The summed E-state index contributed by atoms with van der Waals surface area (Å²) in [5.74, 6) is -0.0848. The molecule has 2 N–H and O–H groups in total. The number of carbonyl (C=O) groups is 1. The van der Waals surface area contributed by atoms with Crippen LogP contribution in [0.5, 0.6) is 0 Å². The van der Waals surface area contributed by atoms with E-state index in [4.69, 9.17) is 11.6 Å². The zero-order valence-corrected chi connectivity index (χ0v) is 14.8. The number of halogens is 2. The van der Waals surface area contributed by atoms with Crippen LogP contribution in [0.1, 0.15) is 24.1 Å². The highest BCUT2D eigenvalue weighted by atomic mass is 79.9. The average molecular weight is 382 g/mol. The van der Waals surface area contributed by atoms with Crippen molar-refractivity contribution in [2.45, 2.75) is 19.9 Å². The van der Waals surface area contributed by atoms with E-state index in [2.05, 4.69) is 26.6 Å². The van der Waals surface area contributed by atoms with Crippen molar-refractivity contribution in [1.82, 2.24) is 5.32 Å². The van der Waals surface area contributed by atoms with E-state index in [9.17, 15) is 4.79 Å². The zero-order valence-electron chi connectivity index (χ0n) is 12.5. The number of nitrogens with one attached hydrogen (secondary N) is 2. The summed E-state index contributed by atoms with van der Waals surface area (Å²) in [4.78, 5) is 12.0. The van der Waals surface area contributed by atoms with Gasteiger partial charge in [-0.25, -0.2) is 0 Å². The van der Waals surface area contributed by atoms with Gasteiger partial charge in [-0.3, -0.25) is 4.79 Å². The van der Waals surface area contributed by atoms with E-state index in [1.165, 1.54) is 0 Å². The molecule has 0 radical (unpaired) electrons. The Morgan fingerprint density at radius 1 is 1.27 bits per heavy atom. The van der Waals surface area contributed by atoms with Crippen molar-refractivity contribution >= 4 is 39.1 Å². The lowest BCUT2D eigenvalue weighted by atomic mass is 10.1. The molecule has 0 saturated carbocycles. The van der Waals surface area contributed by atoms with Gasteiger partial charge in [0.25, 0.3) is 0 Å². The molecule has 1 amide bonds. The minimum atomic E-state index is -0.0848. The van der Waals surface area contributed by atoms with Crippen molar-refractivity contribution in [1.29, 1.82) is 0 Å². The van der Waals surface area contributed by atoms with Gasteiger partial charge in [-0.15, -0.1) is 0 Å². The molecule has 116 valence electrons. The third-order valence-corrected chi connectivity index (χ3v) is 4.21. The second-order valence-corrected chi connectivity index (χ2v) is 6.48. The van der Waals surface area contributed by atoms with Gasteiger partial charge >= 0.3 is 0 Å². The van der Waals surface area contributed by atoms with Crippen LogP contribution in [0.2, 0.25) is 5.02 Å². The Morgan fingerprint density at radius 3 is 2.73 bits per heavy atom. The van der Waals surface area contributed by atoms with Crippen molar-refractivity contribution in [3.8, 4) is 0 Å². The van der Waals surface area contributed by atoms with E-state index in [-0.39, 0.29) is 18.5 Å². The first-order chi connectivity index (χ1) is 10.5. The molecule has 2 aromatic carbocycles. The Bertz CT molecular complexity index is 675. The molecule has 1 atom stereocenters. The number of carbonyl (C=O) groups excluding carboxylic acids is 1. The van der Waals surface area contributed by atoms with Crippen molar-refractivity contribution in [3.05, 3.63) is 63.1 Å². The third kappa shape index (κ3) is 4.83. The zero-order chi connectivity index (χ0) is 16.1. The summed E-state index contributed by atoms with van der Waals surface area (Å²) in [6.45, 7) is 4.24. The van der Waals surface area contributed by atoms with Crippen LogP contribution in [0.25, 0.3) is 0 Å². The molecule has 0 bridgehead atoms. The summed E-state index contributed by atoms with van der Waals surface area (Å²) in [5, 5.41) is 6.77. The van der Waals surface area contributed by atoms with Gasteiger partial charge < -0.3 is 10.6 Å². The van der Waals surface area contributed by atoms with E-state index in [1.807, 2.05) is 56.3 Å². The molecule has 2 rings (SSSR count). The number of aryl methyl sites for hydroxylation is 1. The van der Waals surface area contributed by atoms with E-state index in [0.29, 0.717) is 5.02 Å². The lowest BCUT2D eigenvalue weighted by Crippen LogP contribution is -2.30. The van der Waals surface area contributed by atoms with Crippen molar-refractivity contribution in [3.63, 3.8) is 0 Å². The van der Waals surface area contributed by atoms with Crippen molar-refractivity contribution < 1.29 is 4.79 Å². The highest BCUT2D eigenvalue weighted by Gasteiger charge is 2.09. The van der Waals surface area contributed by atoms with Gasteiger partial charge in [0.05, 0.1) is 12.2 Å². The monoisotopic (exact) mass is 380 g/mol. The van der Waals surface area contributed by atoms with Crippen LogP contribution in [0.3, 0.4) is 0 Å². The molecule has 0 aliphatic heterocycles. The van der Waals surface area contributed by atoms with Gasteiger partial charge in [0.1, 0.15) is 0 Å². The predicted octanol–water partition coefficient (Wildman–Crippen LogP) is 4.70. The molecule has 0 fully saturated rings. The molecule has 5 heteroatoms. The van der Waals surface area contributed by atoms with Crippen LogP contribution >= 0.6 is 27.5 Å². The second kappa shape index (κ2) is 7.77. The maximum absolute atomic E-state index is 12.0. The standard InChI is InChI=1S/C17H18BrClN2O/c1-11-6-7-16(15(18)8-11)21-17(22)10-20-12(2)13-4-3-5-14(19)9-13/h3-9,12,20H,10H2,1-2H3,(H,21,22)/t12-/m1/s1. The maximum atomic E-state index is 12.0. The van der Waals surface area contributed by atoms with Gasteiger partial charge in [-0.2, -0.15) is 0 Å². The maximum Gasteiger partial charge on any atom is 0.238 e.